The van der Waals surface area contributed by atoms with Crippen LogP contribution in [0, 0.1) is 5.82 Å². The number of methoxy groups -OCH3 is 1. The molecule has 6 nitrogen and oxygen atoms in total. The standard InChI is InChI=1S/C29H26FNO5S/c1-35-29(32)27(18-21-8-4-2-5-9-21)31-37(33,34)25-15-12-23(13-16-25)24-14-17-28(26(30)19-24)36-20-22-10-6-3-7-11-22/h2-17,19,27,31H,18,20H2,1H3/t27-/m1/s1. The Balaban J connectivity index is 1.46. The topological polar surface area (TPSA) is 81.7 Å². The molecule has 0 aliphatic rings. The SMILES string of the molecule is COC(=O)[C@@H](Cc1ccccc1)NS(=O)(=O)c1ccc(-c2ccc(OCc3ccccc3)c(F)c2)cc1. The molecule has 0 aliphatic heterocycles. The van der Waals surface area contributed by atoms with Crippen LogP contribution in [0.2, 0.25) is 0 Å². The van der Waals surface area contributed by atoms with E-state index < -0.39 is 27.9 Å². The van der Waals surface area contributed by atoms with Gasteiger partial charge in [0.15, 0.2) is 11.6 Å². The summed E-state index contributed by atoms with van der Waals surface area (Å²) in [7, 11) is -2.82. The van der Waals surface area contributed by atoms with Crippen molar-refractivity contribution in [2.75, 3.05) is 7.11 Å². The van der Waals surface area contributed by atoms with Gasteiger partial charge in [-0.05, 0) is 52.9 Å². The van der Waals surface area contributed by atoms with Gasteiger partial charge in [0.1, 0.15) is 12.6 Å². The smallest absolute Gasteiger partial charge is 0.324 e. The monoisotopic (exact) mass is 519 g/mol. The van der Waals surface area contributed by atoms with Crippen molar-refractivity contribution < 1.29 is 27.1 Å². The Morgan fingerprint density at radius 1 is 0.838 bits per heavy atom. The van der Waals surface area contributed by atoms with Crippen molar-refractivity contribution in [2.24, 2.45) is 0 Å². The first-order valence-electron chi connectivity index (χ1n) is 11.6. The maximum Gasteiger partial charge on any atom is 0.324 e. The van der Waals surface area contributed by atoms with E-state index >= 15 is 0 Å². The Bertz CT molecular complexity index is 1440. The van der Waals surface area contributed by atoms with Crippen molar-refractivity contribution in [3.05, 3.63) is 120 Å². The van der Waals surface area contributed by atoms with Gasteiger partial charge >= 0.3 is 5.97 Å². The number of carbonyl (C=O) groups excluding carboxylic acids is 1. The van der Waals surface area contributed by atoms with Crippen LogP contribution in [-0.4, -0.2) is 27.5 Å². The fraction of sp³-hybridized carbons (Fsp3) is 0.138. The van der Waals surface area contributed by atoms with Gasteiger partial charge in [0, 0.05) is 0 Å². The van der Waals surface area contributed by atoms with E-state index in [2.05, 4.69) is 4.72 Å². The molecule has 0 spiro atoms. The van der Waals surface area contributed by atoms with E-state index in [1.807, 2.05) is 48.5 Å². The van der Waals surface area contributed by atoms with Crippen LogP contribution < -0.4 is 9.46 Å². The van der Waals surface area contributed by atoms with Gasteiger partial charge < -0.3 is 9.47 Å². The molecule has 190 valence electrons. The summed E-state index contributed by atoms with van der Waals surface area (Å²) in [6.45, 7) is 0.244. The summed E-state index contributed by atoms with van der Waals surface area (Å²) < 4.78 is 53.5. The third-order valence-electron chi connectivity index (χ3n) is 5.73. The zero-order valence-corrected chi connectivity index (χ0v) is 21.0. The molecule has 1 atom stereocenters. The molecule has 37 heavy (non-hydrogen) atoms. The highest BCUT2D eigenvalue weighted by atomic mass is 32.2. The summed E-state index contributed by atoms with van der Waals surface area (Å²) in [5.74, 6) is -1.08. The van der Waals surface area contributed by atoms with Gasteiger partial charge in [-0.25, -0.2) is 12.8 Å². The second kappa shape index (κ2) is 11.8. The molecule has 4 rings (SSSR count). The first-order chi connectivity index (χ1) is 17.9. The molecule has 0 heterocycles. The first-order valence-corrected chi connectivity index (χ1v) is 13.0. The highest BCUT2D eigenvalue weighted by Crippen LogP contribution is 2.27. The quantitative estimate of drug-likeness (QED) is 0.294. The molecular weight excluding hydrogens is 493 g/mol. The van der Waals surface area contributed by atoms with Crippen LogP contribution in [0.25, 0.3) is 11.1 Å². The molecule has 0 saturated heterocycles. The largest absolute Gasteiger partial charge is 0.486 e. The second-order valence-corrected chi connectivity index (χ2v) is 10.0. The summed E-state index contributed by atoms with van der Waals surface area (Å²) in [4.78, 5) is 12.2. The van der Waals surface area contributed by atoms with E-state index in [-0.39, 0.29) is 23.7 Å². The number of nitrogens with one attached hydrogen (secondary N) is 1. The highest BCUT2D eigenvalue weighted by Gasteiger charge is 2.26. The molecule has 4 aromatic rings. The number of benzene rings is 4. The van der Waals surface area contributed by atoms with Gasteiger partial charge in [-0.3, -0.25) is 4.79 Å². The molecule has 0 fully saturated rings. The van der Waals surface area contributed by atoms with Gasteiger partial charge in [0.2, 0.25) is 10.0 Å². The van der Waals surface area contributed by atoms with Crippen LogP contribution in [0.4, 0.5) is 4.39 Å². The first kappa shape index (κ1) is 26.1. The van der Waals surface area contributed by atoms with Crippen molar-refractivity contribution in [1.82, 2.24) is 4.72 Å². The zero-order chi connectivity index (χ0) is 26.3. The molecule has 0 unspecified atom stereocenters. The Morgan fingerprint density at radius 3 is 2.03 bits per heavy atom. The highest BCUT2D eigenvalue weighted by molar-refractivity contribution is 7.89. The van der Waals surface area contributed by atoms with Crippen molar-refractivity contribution in [3.8, 4) is 16.9 Å². The van der Waals surface area contributed by atoms with Crippen LogP contribution in [0.1, 0.15) is 11.1 Å². The lowest BCUT2D eigenvalue weighted by Crippen LogP contribution is -2.42. The Kier molecular flexibility index (Phi) is 8.32. The molecule has 0 bridgehead atoms. The van der Waals surface area contributed by atoms with E-state index in [0.29, 0.717) is 11.1 Å². The van der Waals surface area contributed by atoms with E-state index in [4.69, 9.17) is 9.47 Å². The minimum Gasteiger partial charge on any atom is -0.486 e. The summed E-state index contributed by atoms with van der Waals surface area (Å²) in [5, 5.41) is 0. The number of esters is 1. The predicted molar refractivity (Wildman–Crippen MR) is 139 cm³/mol. The van der Waals surface area contributed by atoms with Gasteiger partial charge in [-0.1, -0.05) is 78.9 Å². The van der Waals surface area contributed by atoms with E-state index in [1.54, 1.807) is 36.4 Å². The third-order valence-corrected chi connectivity index (χ3v) is 7.22. The molecule has 0 aromatic heterocycles. The Hall–Kier alpha value is -4.01. The number of rotatable bonds is 10. The molecular formula is C29H26FNO5S. The van der Waals surface area contributed by atoms with Gasteiger partial charge in [0.05, 0.1) is 12.0 Å². The molecule has 0 amide bonds. The van der Waals surface area contributed by atoms with Crippen molar-refractivity contribution >= 4 is 16.0 Å². The van der Waals surface area contributed by atoms with E-state index in [0.717, 1.165) is 11.1 Å². The molecule has 8 heteroatoms. The molecule has 0 aliphatic carbocycles. The van der Waals surface area contributed by atoms with Crippen LogP contribution >= 0.6 is 0 Å². The number of halogens is 1. The lowest BCUT2D eigenvalue weighted by molar-refractivity contribution is -0.142. The second-order valence-electron chi connectivity index (χ2n) is 8.33. The summed E-state index contributed by atoms with van der Waals surface area (Å²) in [5.41, 5.74) is 2.91. The maximum atomic E-state index is 14.7. The predicted octanol–water partition coefficient (Wildman–Crippen LogP) is 5.13. The third kappa shape index (κ3) is 6.81. The van der Waals surface area contributed by atoms with E-state index in [9.17, 15) is 17.6 Å². The average Bonchev–Trinajstić information content (AvgIpc) is 2.92. The van der Waals surface area contributed by atoms with Crippen LogP contribution in [-0.2, 0) is 32.6 Å². The van der Waals surface area contributed by atoms with Crippen molar-refractivity contribution in [1.29, 1.82) is 0 Å². The van der Waals surface area contributed by atoms with Crippen LogP contribution in [0.15, 0.2) is 108 Å². The summed E-state index contributed by atoms with van der Waals surface area (Å²) in [6, 6.07) is 28.0. The lowest BCUT2D eigenvalue weighted by atomic mass is 10.1. The Morgan fingerprint density at radius 2 is 1.43 bits per heavy atom. The molecule has 0 saturated carbocycles. The number of sulfonamides is 1. The summed E-state index contributed by atoms with van der Waals surface area (Å²) in [6.07, 6.45) is 0.142. The summed E-state index contributed by atoms with van der Waals surface area (Å²) >= 11 is 0. The van der Waals surface area contributed by atoms with Gasteiger partial charge in [0.25, 0.3) is 0 Å². The number of ether oxygens (including phenoxy) is 2. The fourth-order valence-corrected chi connectivity index (χ4v) is 4.96. The lowest BCUT2D eigenvalue weighted by Gasteiger charge is -2.17. The number of carbonyl (C=O) groups is 1. The minimum absolute atomic E-state index is 0.0264. The average molecular weight is 520 g/mol. The Labute approximate surface area is 215 Å². The van der Waals surface area contributed by atoms with Crippen molar-refractivity contribution in [3.63, 3.8) is 0 Å². The van der Waals surface area contributed by atoms with Gasteiger partial charge in [-0.15, -0.1) is 0 Å². The maximum absolute atomic E-state index is 14.7. The molecule has 4 aromatic carbocycles. The fourth-order valence-electron chi connectivity index (χ4n) is 3.78. The van der Waals surface area contributed by atoms with Crippen LogP contribution in [0.3, 0.4) is 0 Å². The molecule has 1 N–H and O–H groups in total. The zero-order valence-electron chi connectivity index (χ0n) is 20.1. The molecule has 0 radical (unpaired) electrons. The normalized spacial score (nSPS) is 12.1. The van der Waals surface area contributed by atoms with Gasteiger partial charge in [-0.2, -0.15) is 4.72 Å². The number of hydrogen-bond donors (Lipinski definition) is 1. The number of hydrogen-bond acceptors (Lipinski definition) is 5. The van der Waals surface area contributed by atoms with E-state index in [1.165, 1.54) is 25.3 Å². The minimum atomic E-state index is -4.03. The van der Waals surface area contributed by atoms with Crippen LogP contribution in [0.5, 0.6) is 5.75 Å². The van der Waals surface area contributed by atoms with Crippen molar-refractivity contribution in [2.45, 2.75) is 24.0 Å².